The molecule has 0 heterocycles. The molecule has 0 radical (unpaired) electrons. The van der Waals surface area contributed by atoms with Crippen molar-refractivity contribution in [1.82, 2.24) is 5.32 Å². The largest absolute Gasteiger partial charge is 0.314 e. The van der Waals surface area contributed by atoms with Crippen LogP contribution in [-0.2, 0) is 0 Å². The fourth-order valence-corrected chi connectivity index (χ4v) is 4.57. The first kappa shape index (κ1) is 14.4. The molecule has 2 fully saturated rings. The Balaban J connectivity index is 1.87. The SMILES string of the molecule is CCCNC(CC(C)CCC)C1CC2CCC1C2. The predicted molar refractivity (Wildman–Crippen MR) is 79.7 cm³/mol. The molecule has 2 bridgehead atoms. The lowest BCUT2D eigenvalue weighted by Crippen LogP contribution is -2.40. The van der Waals surface area contributed by atoms with Crippen LogP contribution in [0.3, 0.4) is 0 Å². The van der Waals surface area contributed by atoms with Gasteiger partial charge in [0.1, 0.15) is 0 Å². The summed E-state index contributed by atoms with van der Waals surface area (Å²) in [7, 11) is 0. The molecule has 18 heavy (non-hydrogen) atoms. The summed E-state index contributed by atoms with van der Waals surface area (Å²) < 4.78 is 0. The summed E-state index contributed by atoms with van der Waals surface area (Å²) >= 11 is 0. The molecule has 1 nitrogen and oxygen atoms in total. The highest BCUT2D eigenvalue weighted by Gasteiger charge is 2.42. The van der Waals surface area contributed by atoms with Gasteiger partial charge in [0.15, 0.2) is 0 Å². The van der Waals surface area contributed by atoms with Crippen LogP contribution in [0.2, 0.25) is 0 Å². The third-order valence-electron chi connectivity index (χ3n) is 5.40. The quantitative estimate of drug-likeness (QED) is 0.664. The lowest BCUT2D eigenvalue weighted by atomic mass is 9.79. The molecule has 5 unspecified atom stereocenters. The zero-order chi connectivity index (χ0) is 13.0. The Labute approximate surface area is 114 Å². The average Bonchev–Trinajstić information content (AvgIpc) is 2.96. The topological polar surface area (TPSA) is 12.0 Å². The van der Waals surface area contributed by atoms with Crippen molar-refractivity contribution >= 4 is 0 Å². The van der Waals surface area contributed by atoms with Crippen LogP contribution in [-0.4, -0.2) is 12.6 Å². The summed E-state index contributed by atoms with van der Waals surface area (Å²) in [6.45, 7) is 8.29. The standard InChI is InChI=1S/C17H33N/c1-4-6-13(3)10-17(18-9-5-2)16-12-14-7-8-15(16)11-14/h13-18H,4-12H2,1-3H3. The molecule has 106 valence electrons. The highest BCUT2D eigenvalue weighted by atomic mass is 14.9. The minimum atomic E-state index is 0.821. The number of rotatable bonds is 8. The molecule has 0 spiro atoms. The Morgan fingerprint density at radius 2 is 1.94 bits per heavy atom. The van der Waals surface area contributed by atoms with Gasteiger partial charge in [-0.1, -0.05) is 40.0 Å². The van der Waals surface area contributed by atoms with Crippen LogP contribution in [0.5, 0.6) is 0 Å². The maximum absolute atomic E-state index is 3.89. The molecule has 2 aliphatic rings. The molecule has 1 heteroatoms. The van der Waals surface area contributed by atoms with Crippen molar-refractivity contribution in [2.24, 2.45) is 23.7 Å². The second-order valence-corrected chi connectivity index (χ2v) is 7.03. The van der Waals surface area contributed by atoms with Crippen molar-refractivity contribution in [1.29, 1.82) is 0 Å². The predicted octanol–water partition coefficient (Wildman–Crippen LogP) is 4.62. The van der Waals surface area contributed by atoms with Gasteiger partial charge in [-0.05, 0) is 62.3 Å². The first-order chi connectivity index (χ1) is 8.74. The van der Waals surface area contributed by atoms with Crippen LogP contribution in [0.15, 0.2) is 0 Å². The Kier molecular flexibility index (Phi) is 5.54. The zero-order valence-electron chi connectivity index (χ0n) is 12.8. The van der Waals surface area contributed by atoms with Crippen molar-refractivity contribution in [3.63, 3.8) is 0 Å². The van der Waals surface area contributed by atoms with Gasteiger partial charge in [0.05, 0.1) is 0 Å². The molecule has 2 saturated carbocycles. The van der Waals surface area contributed by atoms with Gasteiger partial charge >= 0.3 is 0 Å². The summed E-state index contributed by atoms with van der Waals surface area (Å²) in [5.74, 6) is 4.07. The van der Waals surface area contributed by atoms with Crippen molar-refractivity contribution in [3.05, 3.63) is 0 Å². The summed E-state index contributed by atoms with van der Waals surface area (Å²) in [5, 5.41) is 3.89. The maximum Gasteiger partial charge on any atom is 0.0101 e. The highest BCUT2D eigenvalue weighted by molar-refractivity contribution is 4.95. The van der Waals surface area contributed by atoms with E-state index in [2.05, 4.69) is 26.1 Å². The van der Waals surface area contributed by atoms with Crippen LogP contribution < -0.4 is 5.32 Å². The van der Waals surface area contributed by atoms with Crippen molar-refractivity contribution in [2.75, 3.05) is 6.54 Å². The normalized spacial score (nSPS) is 33.8. The van der Waals surface area contributed by atoms with E-state index in [1.807, 2.05) is 0 Å². The van der Waals surface area contributed by atoms with Crippen LogP contribution in [0.4, 0.5) is 0 Å². The van der Waals surface area contributed by atoms with E-state index in [1.54, 1.807) is 6.42 Å². The van der Waals surface area contributed by atoms with E-state index < -0.39 is 0 Å². The Morgan fingerprint density at radius 3 is 2.50 bits per heavy atom. The van der Waals surface area contributed by atoms with E-state index in [1.165, 1.54) is 51.5 Å². The van der Waals surface area contributed by atoms with Crippen molar-refractivity contribution in [2.45, 2.75) is 78.2 Å². The first-order valence-electron chi connectivity index (χ1n) is 8.47. The van der Waals surface area contributed by atoms with Gasteiger partial charge in [-0.2, -0.15) is 0 Å². The number of fused-ring (bicyclic) bond motifs is 2. The molecule has 5 atom stereocenters. The van der Waals surface area contributed by atoms with Crippen LogP contribution in [0, 0.1) is 23.7 Å². The molecule has 0 aromatic heterocycles. The molecule has 0 saturated heterocycles. The Morgan fingerprint density at radius 1 is 1.11 bits per heavy atom. The Hall–Kier alpha value is -0.0400. The van der Waals surface area contributed by atoms with E-state index >= 15 is 0 Å². The summed E-state index contributed by atoms with van der Waals surface area (Å²) in [6, 6.07) is 0.821. The molecule has 0 aromatic carbocycles. The fourth-order valence-electron chi connectivity index (χ4n) is 4.57. The average molecular weight is 251 g/mol. The number of hydrogen-bond acceptors (Lipinski definition) is 1. The second kappa shape index (κ2) is 6.93. The monoisotopic (exact) mass is 251 g/mol. The minimum Gasteiger partial charge on any atom is -0.314 e. The summed E-state index contributed by atoms with van der Waals surface area (Å²) in [6.07, 6.45) is 11.6. The molecule has 0 aromatic rings. The Bertz CT molecular complexity index is 238. The van der Waals surface area contributed by atoms with Crippen LogP contribution >= 0.6 is 0 Å². The molecular formula is C17H33N. The van der Waals surface area contributed by atoms with E-state index in [9.17, 15) is 0 Å². The second-order valence-electron chi connectivity index (χ2n) is 7.03. The van der Waals surface area contributed by atoms with Gasteiger partial charge in [-0.15, -0.1) is 0 Å². The smallest absolute Gasteiger partial charge is 0.0101 e. The summed E-state index contributed by atoms with van der Waals surface area (Å²) in [4.78, 5) is 0. The maximum atomic E-state index is 3.89. The summed E-state index contributed by atoms with van der Waals surface area (Å²) in [5.41, 5.74) is 0. The zero-order valence-corrected chi connectivity index (χ0v) is 12.8. The van der Waals surface area contributed by atoms with E-state index in [-0.39, 0.29) is 0 Å². The van der Waals surface area contributed by atoms with Crippen molar-refractivity contribution < 1.29 is 0 Å². The van der Waals surface area contributed by atoms with E-state index in [0.29, 0.717) is 0 Å². The van der Waals surface area contributed by atoms with Gasteiger partial charge in [0, 0.05) is 6.04 Å². The molecule has 1 N–H and O–H groups in total. The molecular weight excluding hydrogens is 218 g/mol. The highest BCUT2D eigenvalue weighted by Crippen LogP contribution is 2.50. The third-order valence-corrected chi connectivity index (χ3v) is 5.40. The van der Waals surface area contributed by atoms with Gasteiger partial charge in [0.25, 0.3) is 0 Å². The van der Waals surface area contributed by atoms with Gasteiger partial charge in [0.2, 0.25) is 0 Å². The fraction of sp³-hybridized carbons (Fsp3) is 1.00. The minimum absolute atomic E-state index is 0.821. The van der Waals surface area contributed by atoms with Crippen LogP contribution in [0.1, 0.15) is 72.1 Å². The van der Waals surface area contributed by atoms with Crippen LogP contribution in [0.25, 0.3) is 0 Å². The van der Waals surface area contributed by atoms with E-state index in [0.717, 1.165) is 29.7 Å². The third kappa shape index (κ3) is 3.50. The molecule has 2 aliphatic carbocycles. The molecule has 2 rings (SSSR count). The van der Waals surface area contributed by atoms with Crippen molar-refractivity contribution in [3.8, 4) is 0 Å². The van der Waals surface area contributed by atoms with Gasteiger partial charge in [-0.25, -0.2) is 0 Å². The lowest BCUT2D eigenvalue weighted by molar-refractivity contribution is 0.217. The first-order valence-corrected chi connectivity index (χ1v) is 8.47. The van der Waals surface area contributed by atoms with E-state index in [4.69, 9.17) is 0 Å². The van der Waals surface area contributed by atoms with Gasteiger partial charge in [-0.3, -0.25) is 0 Å². The number of nitrogens with one attached hydrogen (secondary N) is 1. The lowest BCUT2D eigenvalue weighted by Gasteiger charge is -2.33. The molecule has 0 aliphatic heterocycles. The van der Waals surface area contributed by atoms with Gasteiger partial charge < -0.3 is 5.32 Å². The number of hydrogen-bond donors (Lipinski definition) is 1. The molecule has 0 amide bonds.